The lowest BCUT2D eigenvalue weighted by Crippen LogP contribution is -2.13. The summed E-state index contributed by atoms with van der Waals surface area (Å²) < 4.78 is -1.32. The highest BCUT2D eigenvalue weighted by molar-refractivity contribution is 9.72. The lowest BCUT2D eigenvalue weighted by molar-refractivity contribution is 0.874. The van der Waals surface area contributed by atoms with Gasteiger partial charge in [-0.3, -0.25) is 0 Å². The van der Waals surface area contributed by atoms with E-state index < -0.39 is 3.93 Å². The lowest BCUT2D eigenvalue weighted by Gasteiger charge is -2.15. The summed E-state index contributed by atoms with van der Waals surface area (Å²) in [6.45, 7) is 4.42. The van der Waals surface area contributed by atoms with Gasteiger partial charge >= 0.3 is 0 Å². The molecule has 0 N–H and O–H groups in total. The summed E-state index contributed by atoms with van der Waals surface area (Å²) in [4.78, 5) is 0. The molecule has 0 aromatic carbocycles. The molecular weight excluding hydrogens is 316 g/mol. The Morgan fingerprint density at radius 1 is 1.38 bits per heavy atom. The van der Waals surface area contributed by atoms with E-state index in [1.807, 2.05) is 0 Å². The van der Waals surface area contributed by atoms with Gasteiger partial charge in [0.05, 0.1) is 0 Å². The smallest absolute Gasteiger partial charge is 0.0961 e. The molecule has 0 aromatic heterocycles. The molecule has 0 nitrogen and oxygen atoms in total. The second kappa shape index (κ2) is 3.74. The van der Waals surface area contributed by atoms with E-state index in [0.717, 1.165) is 5.54 Å². The van der Waals surface area contributed by atoms with Gasteiger partial charge in [-0.05, 0) is 5.54 Å². The molecule has 0 aliphatic carbocycles. The van der Waals surface area contributed by atoms with Crippen molar-refractivity contribution in [3.63, 3.8) is 0 Å². The van der Waals surface area contributed by atoms with Crippen LogP contribution in [0.1, 0.15) is 20.3 Å². The maximum absolute atomic E-state index is 3.58. The fourth-order valence-corrected chi connectivity index (χ4v) is 3.61. The Labute approximate surface area is 75.2 Å². The van der Waals surface area contributed by atoms with Crippen LogP contribution in [-0.4, -0.2) is 3.93 Å². The van der Waals surface area contributed by atoms with Gasteiger partial charge in [-0.1, -0.05) is 66.1 Å². The highest BCUT2D eigenvalue weighted by atomic mass is 80.0. The van der Waals surface area contributed by atoms with Crippen LogP contribution in [0.3, 0.4) is 0 Å². The first-order valence-electron chi connectivity index (χ1n) is 2.55. The van der Waals surface area contributed by atoms with Crippen molar-refractivity contribution in [2.75, 3.05) is 0 Å². The summed E-state index contributed by atoms with van der Waals surface area (Å²) in [7, 11) is 0. The van der Waals surface area contributed by atoms with Crippen molar-refractivity contribution in [2.45, 2.75) is 25.8 Å². The minimum atomic E-state index is -1.32. The molecule has 8 heavy (non-hydrogen) atoms. The number of hydrogen-bond donors (Lipinski definition) is 0. The highest BCUT2D eigenvalue weighted by Crippen LogP contribution is 2.40. The standard InChI is InChI=1S/C4H9Br3Si/c1-3-4(2)8(5,6)7/h4H,3H2,1-2H3. The van der Waals surface area contributed by atoms with Crippen LogP contribution in [0.4, 0.5) is 0 Å². The van der Waals surface area contributed by atoms with Crippen molar-refractivity contribution >= 4 is 49.8 Å². The van der Waals surface area contributed by atoms with Crippen LogP contribution < -0.4 is 0 Å². The van der Waals surface area contributed by atoms with Crippen molar-refractivity contribution < 1.29 is 0 Å². The molecule has 1 atom stereocenters. The third-order valence-corrected chi connectivity index (χ3v) is 9.73. The maximum atomic E-state index is 3.58. The minimum Gasteiger partial charge on any atom is -0.0961 e. The Morgan fingerprint density at radius 3 is 1.75 bits per heavy atom. The summed E-state index contributed by atoms with van der Waals surface area (Å²) >= 11 is 10.7. The van der Waals surface area contributed by atoms with Crippen LogP contribution in [-0.2, 0) is 0 Å². The quantitative estimate of drug-likeness (QED) is 0.533. The largest absolute Gasteiger partial charge is 0.270 e. The van der Waals surface area contributed by atoms with Gasteiger partial charge in [-0.25, -0.2) is 0 Å². The van der Waals surface area contributed by atoms with Gasteiger partial charge in [0.15, 0.2) is 0 Å². The summed E-state index contributed by atoms with van der Waals surface area (Å²) in [5.74, 6) is 0. The molecule has 0 aliphatic rings. The van der Waals surface area contributed by atoms with Crippen LogP contribution in [0.25, 0.3) is 0 Å². The van der Waals surface area contributed by atoms with Crippen molar-refractivity contribution in [2.24, 2.45) is 0 Å². The van der Waals surface area contributed by atoms with Gasteiger partial charge in [-0.15, -0.1) is 0 Å². The monoisotopic (exact) mass is 322 g/mol. The van der Waals surface area contributed by atoms with E-state index in [4.69, 9.17) is 0 Å². The Bertz CT molecular complexity index is 68.2. The second-order valence-electron chi connectivity index (χ2n) is 1.85. The number of halogens is 3. The Morgan fingerprint density at radius 2 is 1.75 bits per heavy atom. The van der Waals surface area contributed by atoms with Gasteiger partial charge in [0.1, 0.15) is 0 Å². The first kappa shape index (κ1) is 9.66. The predicted molar refractivity (Wildman–Crippen MR) is 52.3 cm³/mol. The van der Waals surface area contributed by atoms with Gasteiger partial charge in [0.25, 0.3) is 3.93 Å². The van der Waals surface area contributed by atoms with Crippen molar-refractivity contribution in [1.82, 2.24) is 0 Å². The zero-order valence-electron chi connectivity index (χ0n) is 4.92. The van der Waals surface area contributed by atoms with E-state index in [0.29, 0.717) is 0 Å². The molecule has 0 fully saturated rings. The molecule has 0 aromatic rings. The van der Waals surface area contributed by atoms with Gasteiger partial charge in [0, 0.05) is 0 Å². The first-order chi connectivity index (χ1) is 3.48. The molecular formula is C4H9Br3Si. The molecule has 0 bridgehead atoms. The predicted octanol–water partition coefficient (Wildman–Crippen LogP) is 3.91. The second-order valence-corrected chi connectivity index (χ2v) is 24.8. The fraction of sp³-hybridized carbons (Fsp3) is 1.00. The number of rotatable bonds is 2. The van der Waals surface area contributed by atoms with E-state index in [9.17, 15) is 0 Å². The lowest BCUT2D eigenvalue weighted by atomic mass is 10.4. The average Bonchev–Trinajstić information content (AvgIpc) is 1.62. The molecule has 0 spiro atoms. The molecule has 0 saturated carbocycles. The van der Waals surface area contributed by atoms with Crippen LogP contribution >= 0.6 is 45.9 Å². The zero-order valence-corrected chi connectivity index (χ0v) is 10.7. The fourth-order valence-electron chi connectivity index (χ4n) is 0.231. The summed E-state index contributed by atoms with van der Waals surface area (Å²) in [5.41, 5.74) is 0.738. The van der Waals surface area contributed by atoms with Crippen LogP contribution in [0.5, 0.6) is 0 Å². The van der Waals surface area contributed by atoms with Gasteiger partial charge in [0.2, 0.25) is 0 Å². The first-order valence-corrected chi connectivity index (χ1v) is 11.4. The molecule has 0 rings (SSSR count). The van der Waals surface area contributed by atoms with Crippen LogP contribution in [0.15, 0.2) is 0 Å². The molecule has 50 valence electrons. The SMILES string of the molecule is CCC(C)[Si](Br)(Br)Br. The molecule has 0 saturated heterocycles. The average molecular weight is 325 g/mol. The van der Waals surface area contributed by atoms with Crippen molar-refractivity contribution in [3.8, 4) is 0 Å². The van der Waals surface area contributed by atoms with E-state index in [-0.39, 0.29) is 0 Å². The number of hydrogen-bond acceptors (Lipinski definition) is 0. The van der Waals surface area contributed by atoms with Crippen molar-refractivity contribution in [1.29, 1.82) is 0 Å². The van der Waals surface area contributed by atoms with Gasteiger partial charge < -0.3 is 0 Å². The van der Waals surface area contributed by atoms with E-state index >= 15 is 0 Å². The van der Waals surface area contributed by atoms with E-state index in [1.54, 1.807) is 0 Å². The molecule has 0 heterocycles. The highest BCUT2D eigenvalue weighted by Gasteiger charge is 2.28. The maximum Gasteiger partial charge on any atom is 0.270 e. The zero-order chi connectivity index (χ0) is 6.78. The Hall–Kier alpha value is 1.66. The molecule has 1 unspecified atom stereocenters. The third-order valence-electron chi connectivity index (χ3n) is 1.17. The van der Waals surface area contributed by atoms with Crippen LogP contribution in [0, 0.1) is 0 Å². The summed E-state index contributed by atoms with van der Waals surface area (Å²) in [5, 5.41) is 0. The molecule has 0 amide bonds. The van der Waals surface area contributed by atoms with Gasteiger partial charge in [-0.2, -0.15) is 0 Å². The van der Waals surface area contributed by atoms with E-state index in [1.165, 1.54) is 6.42 Å². The Kier molecular flexibility index (Phi) is 4.51. The third kappa shape index (κ3) is 3.64. The Balaban J connectivity index is 3.62. The normalized spacial score (nSPS) is 16.1. The summed E-state index contributed by atoms with van der Waals surface area (Å²) in [6, 6.07) is 0. The van der Waals surface area contributed by atoms with Crippen molar-refractivity contribution in [3.05, 3.63) is 0 Å². The van der Waals surface area contributed by atoms with E-state index in [2.05, 4.69) is 59.7 Å². The molecule has 0 radical (unpaired) electrons. The molecule has 0 aliphatic heterocycles. The minimum absolute atomic E-state index is 0.738. The molecule has 4 heteroatoms. The van der Waals surface area contributed by atoms with Crippen LogP contribution in [0.2, 0.25) is 5.54 Å². The summed E-state index contributed by atoms with van der Waals surface area (Å²) in [6.07, 6.45) is 1.22. The topological polar surface area (TPSA) is 0 Å².